The molecule has 0 spiro atoms. The number of nitrogens with zero attached hydrogens (tertiary/aromatic N) is 1. The summed E-state index contributed by atoms with van der Waals surface area (Å²) in [6.07, 6.45) is 6.20. The first-order valence-corrected chi connectivity index (χ1v) is 9.14. The maximum absolute atomic E-state index is 11.6. The third kappa shape index (κ3) is 8.57. The van der Waals surface area contributed by atoms with Crippen molar-refractivity contribution >= 4 is 27.5 Å². The standard InChI is InChI=1S/C13H25N3OS2/c1-16(9-7-14)10-8-15-13(17)5-3-2-4-12-6-11-18-19-12/h6,11-12H,2-5,7-10,14H2,1H3,(H,15,17). The van der Waals surface area contributed by atoms with Crippen molar-refractivity contribution in [2.45, 2.75) is 30.9 Å². The molecule has 0 aliphatic carbocycles. The van der Waals surface area contributed by atoms with Crippen LogP contribution in [0.25, 0.3) is 0 Å². The predicted molar refractivity (Wildman–Crippen MR) is 86.1 cm³/mol. The molecule has 1 aliphatic heterocycles. The molecule has 0 aromatic heterocycles. The molecule has 0 aromatic rings. The number of likely N-dealkylation sites (N-methyl/N-ethyl adjacent to an activating group) is 1. The lowest BCUT2D eigenvalue weighted by Gasteiger charge is -2.15. The molecule has 1 heterocycles. The summed E-state index contributed by atoms with van der Waals surface area (Å²) >= 11 is 0. The van der Waals surface area contributed by atoms with Gasteiger partial charge >= 0.3 is 0 Å². The molecule has 0 bridgehead atoms. The van der Waals surface area contributed by atoms with Crippen LogP contribution in [0.15, 0.2) is 11.5 Å². The predicted octanol–water partition coefficient (Wildman–Crippen LogP) is 1.83. The van der Waals surface area contributed by atoms with E-state index in [-0.39, 0.29) is 5.91 Å². The lowest BCUT2D eigenvalue weighted by atomic mass is 10.1. The number of rotatable bonds is 10. The normalized spacial score (nSPS) is 18.2. The second kappa shape index (κ2) is 10.6. The topological polar surface area (TPSA) is 58.4 Å². The fourth-order valence-corrected chi connectivity index (χ4v) is 4.10. The lowest BCUT2D eigenvalue weighted by molar-refractivity contribution is -0.121. The Morgan fingerprint density at radius 3 is 2.95 bits per heavy atom. The number of carbonyl (C=O) groups excluding carboxylic acids is 1. The Labute approximate surface area is 124 Å². The second-order valence-electron chi connectivity index (χ2n) is 4.75. The highest BCUT2D eigenvalue weighted by Crippen LogP contribution is 2.37. The molecule has 1 rings (SSSR count). The van der Waals surface area contributed by atoms with Crippen LogP contribution in [0.3, 0.4) is 0 Å². The van der Waals surface area contributed by atoms with E-state index >= 15 is 0 Å². The monoisotopic (exact) mass is 303 g/mol. The van der Waals surface area contributed by atoms with Crippen LogP contribution in [-0.4, -0.2) is 49.3 Å². The molecule has 1 unspecified atom stereocenters. The van der Waals surface area contributed by atoms with Gasteiger partial charge in [-0.25, -0.2) is 0 Å². The zero-order valence-electron chi connectivity index (χ0n) is 11.6. The Kier molecular flexibility index (Phi) is 9.42. The van der Waals surface area contributed by atoms with E-state index < -0.39 is 0 Å². The van der Waals surface area contributed by atoms with E-state index in [2.05, 4.69) is 21.7 Å². The van der Waals surface area contributed by atoms with Crippen LogP contribution in [0.5, 0.6) is 0 Å². The van der Waals surface area contributed by atoms with Gasteiger partial charge in [-0.05, 0) is 25.3 Å². The van der Waals surface area contributed by atoms with Crippen molar-refractivity contribution in [3.63, 3.8) is 0 Å². The minimum absolute atomic E-state index is 0.171. The van der Waals surface area contributed by atoms with Crippen LogP contribution >= 0.6 is 21.6 Å². The van der Waals surface area contributed by atoms with Crippen molar-refractivity contribution < 1.29 is 4.79 Å². The Bertz CT molecular complexity index is 287. The highest BCUT2D eigenvalue weighted by Gasteiger charge is 2.10. The van der Waals surface area contributed by atoms with Crippen molar-refractivity contribution in [2.24, 2.45) is 5.73 Å². The first-order chi connectivity index (χ1) is 9.22. The maximum Gasteiger partial charge on any atom is 0.220 e. The van der Waals surface area contributed by atoms with Crippen LogP contribution in [0.2, 0.25) is 0 Å². The van der Waals surface area contributed by atoms with E-state index in [0.717, 1.165) is 25.9 Å². The SMILES string of the molecule is CN(CCN)CCNC(=O)CCCCC1C=CSS1. The number of nitrogens with two attached hydrogens (primary N) is 1. The Morgan fingerprint density at radius 1 is 1.42 bits per heavy atom. The van der Waals surface area contributed by atoms with Gasteiger partial charge in [0.2, 0.25) is 5.91 Å². The molecule has 3 N–H and O–H groups in total. The number of nitrogens with one attached hydrogen (secondary N) is 1. The fourth-order valence-electron chi connectivity index (χ4n) is 1.84. The minimum Gasteiger partial charge on any atom is -0.355 e. The van der Waals surface area contributed by atoms with Gasteiger partial charge in [0.05, 0.1) is 0 Å². The van der Waals surface area contributed by atoms with Crippen LogP contribution in [0.1, 0.15) is 25.7 Å². The fraction of sp³-hybridized carbons (Fsp3) is 0.769. The molecule has 0 aromatic carbocycles. The lowest BCUT2D eigenvalue weighted by Crippen LogP contribution is -2.35. The molecule has 1 amide bonds. The summed E-state index contributed by atoms with van der Waals surface area (Å²) in [7, 11) is 5.74. The van der Waals surface area contributed by atoms with Crippen LogP contribution in [0.4, 0.5) is 0 Å². The first-order valence-electron chi connectivity index (χ1n) is 6.86. The molecule has 1 atom stereocenters. The third-order valence-corrected chi connectivity index (χ3v) is 5.42. The average Bonchev–Trinajstić information content (AvgIpc) is 2.88. The Hall–Kier alpha value is -0.170. The Morgan fingerprint density at radius 2 is 2.26 bits per heavy atom. The van der Waals surface area contributed by atoms with E-state index in [4.69, 9.17) is 5.73 Å². The number of amides is 1. The molecular formula is C13H25N3OS2. The number of hydrogen-bond donors (Lipinski definition) is 2. The number of carbonyl (C=O) groups is 1. The summed E-state index contributed by atoms with van der Waals surface area (Å²) in [5, 5.41) is 5.76. The zero-order chi connectivity index (χ0) is 13.9. The van der Waals surface area contributed by atoms with Gasteiger partial charge in [0, 0.05) is 37.8 Å². The molecule has 0 fully saturated rings. The van der Waals surface area contributed by atoms with Crippen molar-refractivity contribution in [1.29, 1.82) is 0 Å². The summed E-state index contributed by atoms with van der Waals surface area (Å²) in [5.41, 5.74) is 5.46. The molecule has 110 valence electrons. The highest BCUT2D eigenvalue weighted by molar-refractivity contribution is 8.78. The van der Waals surface area contributed by atoms with Gasteiger partial charge in [-0.1, -0.05) is 34.1 Å². The second-order valence-corrected chi connectivity index (χ2v) is 7.16. The third-order valence-electron chi connectivity index (χ3n) is 3.00. The van der Waals surface area contributed by atoms with Crippen LogP contribution in [-0.2, 0) is 4.79 Å². The molecule has 0 saturated heterocycles. The van der Waals surface area contributed by atoms with Gasteiger partial charge in [0.1, 0.15) is 0 Å². The minimum atomic E-state index is 0.171. The van der Waals surface area contributed by atoms with Crippen molar-refractivity contribution in [3.8, 4) is 0 Å². The molecule has 0 radical (unpaired) electrons. The molecule has 4 nitrogen and oxygen atoms in total. The number of hydrogen-bond acceptors (Lipinski definition) is 5. The van der Waals surface area contributed by atoms with E-state index in [9.17, 15) is 4.79 Å². The van der Waals surface area contributed by atoms with Gasteiger partial charge < -0.3 is 16.0 Å². The number of unbranched alkanes of at least 4 members (excludes halogenated alkanes) is 1. The molecule has 1 aliphatic rings. The highest BCUT2D eigenvalue weighted by atomic mass is 33.1. The maximum atomic E-state index is 11.6. The quantitative estimate of drug-likeness (QED) is 0.476. The van der Waals surface area contributed by atoms with E-state index in [1.165, 1.54) is 6.42 Å². The molecule has 19 heavy (non-hydrogen) atoms. The molecular weight excluding hydrogens is 278 g/mol. The van der Waals surface area contributed by atoms with Crippen molar-refractivity contribution in [3.05, 3.63) is 11.5 Å². The van der Waals surface area contributed by atoms with Crippen LogP contribution < -0.4 is 11.1 Å². The molecule has 6 heteroatoms. The van der Waals surface area contributed by atoms with Gasteiger partial charge in [0.25, 0.3) is 0 Å². The largest absolute Gasteiger partial charge is 0.355 e. The summed E-state index contributed by atoms with van der Waals surface area (Å²) in [5.74, 6) is 0.171. The van der Waals surface area contributed by atoms with Crippen molar-refractivity contribution in [1.82, 2.24) is 10.2 Å². The summed E-state index contributed by atoms with van der Waals surface area (Å²) in [6.45, 7) is 3.12. The van der Waals surface area contributed by atoms with Crippen LogP contribution in [0, 0.1) is 0 Å². The Balaban J connectivity index is 1.91. The summed E-state index contributed by atoms with van der Waals surface area (Å²) in [6, 6.07) is 0. The zero-order valence-corrected chi connectivity index (χ0v) is 13.3. The smallest absolute Gasteiger partial charge is 0.220 e. The van der Waals surface area contributed by atoms with E-state index in [1.807, 2.05) is 28.6 Å². The molecule has 0 saturated carbocycles. The first kappa shape index (κ1) is 16.9. The van der Waals surface area contributed by atoms with Gasteiger partial charge in [-0.3, -0.25) is 4.79 Å². The van der Waals surface area contributed by atoms with Gasteiger partial charge in [-0.15, -0.1) is 0 Å². The van der Waals surface area contributed by atoms with E-state index in [1.54, 1.807) is 0 Å². The van der Waals surface area contributed by atoms with Gasteiger partial charge in [0.15, 0.2) is 0 Å². The van der Waals surface area contributed by atoms with Gasteiger partial charge in [-0.2, -0.15) is 0 Å². The van der Waals surface area contributed by atoms with Crippen molar-refractivity contribution in [2.75, 3.05) is 33.2 Å². The summed E-state index contributed by atoms with van der Waals surface area (Å²) in [4.78, 5) is 13.7. The summed E-state index contributed by atoms with van der Waals surface area (Å²) < 4.78 is 0. The average molecular weight is 303 g/mol. The van der Waals surface area contributed by atoms with E-state index in [0.29, 0.717) is 24.8 Å².